The van der Waals surface area contributed by atoms with E-state index in [2.05, 4.69) is 6.58 Å². The van der Waals surface area contributed by atoms with Crippen molar-refractivity contribution in [2.45, 2.75) is 48.9 Å². The number of hydrogen-bond acceptors (Lipinski definition) is 4. The van der Waals surface area contributed by atoms with Gasteiger partial charge in [0.2, 0.25) is 0 Å². The maximum absolute atomic E-state index is 11.5. The number of carbonyl (C=O) groups is 1. The Kier molecular flexibility index (Phi) is 1.37. The summed E-state index contributed by atoms with van der Waals surface area (Å²) in [4.78, 5) is 11.5. The smallest absolute Gasteiger partial charge is 0.330 e. The van der Waals surface area contributed by atoms with Gasteiger partial charge in [0.05, 0.1) is 11.2 Å². The second-order valence-electron chi connectivity index (χ2n) is 6.48. The summed E-state index contributed by atoms with van der Waals surface area (Å²) < 4.78 is 5.53. The minimum Gasteiger partial charge on any atom is -0.455 e. The van der Waals surface area contributed by atoms with Gasteiger partial charge in [0.15, 0.2) is 0 Å². The fourth-order valence-corrected chi connectivity index (χ4v) is 5.62. The molecular formula is C13H16O4. The van der Waals surface area contributed by atoms with Crippen LogP contribution in [0.1, 0.15) is 32.1 Å². The predicted octanol–water partition coefficient (Wildman–Crippen LogP) is 0.524. The SMILES string of the molecule is C=CC(=O)OC12CC3CC4(O)CC(O)(C1)CC342. The van der Waals surface area contributed by atoms with Gasteiger partial charge in [-0.25, -0.2) is 4.79 Å². The first-order chi connectivity index (χ1) is 7.89. The molecule has 92 valence electrons. The van der Waals surface area contributed by atoms with Crippen LogP contribution < -0.4 is 0 Å². The van der Waals surface area contributed by atoms with E-state index in [4.69, 9.17) is 4.74 Å². The predicted molar refractivity (Wildman–Crippen MR) is 57.9 cm³/mol. The topological polar surface area (TPSA) is 66.8 Å². The number of fused-ring (bicyclic) bond motifs is 1. The Morgan fingerprint density at radius 2 is 2.06 bits per heavy atom. The van der Waals surface area contributed by atoms with Crippen molar-refractivity contribution >= 4 is 5.97 Å². The van der Waals surface area contributed by atoms with Crippen molar-refractivity contribution in [3.63, 3.8) is 0 Å². The van der Waals surface area contributed by atoms with Crippen molar-refractivity contribution in [1.82, 2.24) is 0 Å². The third-order valence-electron chi connectivity index (χ3n) is 5.81. The molecule has 4 aliphatic rings. The first-order valence-corrected chi connectivity index (χ1v) is 6.19. The van der Waals surface area contributed by atoms with Gasteiger partial charge >= 0.3 is 5.97 Å². The third kappa shape index (κ3) is 0.772. The molecule has 0 aliphatic heterocycles. The van der Waals surface area contributed by atoms with Crippen LogP contribution in [0.25, 0.3) is 0 Å². The van der Waals surface area contributed by atoms with Crippen molar-refractivity contribution in [2.75, 3.05) is 0 Å². The summed E-state index contributed by atoms with van der Waals surface area (Å²) in [7, 11) is 0. The van der Waals surface area contributed by atoms with E-state index in [1.54, 1.807) is 0 Å². The van der Waals surface area contributed by atoms with E-state index >= 15 is 0 Å². The summed E-state index contributed by atoms with van der Waals surface area (Å²) in [6.45, 7) is 3.41. The zero-order valence-corrected chi connectivity index (χ0v) is 9.61. The van der Waals surface area contributed by atoms with Gasteiger partial charge in [-0.2, -0.15) is 0 Å². The summed E-state index contributed by atoms with van der Waals surface area (Å²) in [6, 6.07) is 0. The van der Waals surface area contributed by atoms with Gasteiger partial charge in [-0.1, -0.05) is 6.58 Å². The van der Waals surface area contributed by atoms with Crippen molar-refractivity contribution in [3.8, 4) is 0 Å². The molecule has 0 saturated heterocycles. The van der Waals surface area contributed by atoms with Gasteiger partial charge in [-0.05, 0) is 25.2 Å². The van der Waals surface area contributed by atoms with Crippen LogP contribution in [0.3, 0.4) is 0 Å². The number of aliphatic hydroxyl groups is 2. The molecular weight excluding hydrogens is 220 g/mol. The van der Waals surface area contributed by atoms with Gasteiger partial charge in [-0.15, -0.1) is 0 Å². The van der Waals surface area contributed by atoms with Crippen LogP contribution in [-0.4, -0.2) is 33.0 Å². The number of carbonyl (C=O) groups excluding carboxylic acids is 1. The standard InChI is InChI=1S/C13H16O4/c1-2-9(14)17-12-4-8-3-11(16)5-10(15,6-12)7-13(8,11)12/h2,8,15-16H,1,3-7H2. The summed E-state index contributed by atoms with van der Waals surface area (Å²) >= 11 is 0. The molecule has 17 heavy (non-hydrogen) atoms. The largest absolute Gasteiger partial charge is 0.455 e. The maximum atomic E-state index is 11.5. The molecule has 0 amide bonds. The maximum Gasteiger partial charge on any atom is 0.330 e. The minimum atomic E-state index is -0.832. The van der Waals surface area contributed by atoms with E-state index in [0.717, 1.165) is 18.9 Å². The van der Waals surface area contributed by atoms with Crippen LogP contribution in [0, 0.1) is 11.3 Å². The quantitative estimate of drug-likeness (QED) is 0.542. The fourth-order valence-electron chi connectivity index (χ4n) is 5.62. The van der Waals surface area contributed by atoms with Crippen LogP contribution >= 0.6 is 0 Å². The average molecular weight is 236 g/mol. The number of ether oxygens (including phenoxy) is 1. The fraction of sp³-hybridized carbons (Fsp3) is 0.769. The first-order valence-electron chi connectivity index (χ1n) is 6.19. The molecule has 1 spiro atoms. The van der Waals surface area contributed by atoms with Gasteiger partial charge in [0.25, 0.3) is 0 Å². The Labute approximate surface area is 99.3 Å². The Morgan fingerprint density at radius 1 is 1.29 bits per heavy atom. The zero-order chi connectivity index (χ0) is 12.1. The number of rotatable bonds is 2. The molecule has 0 radical (unpaired) electrons. The van der Waals surface area contributed by atoms with Crippen molar-refractivity contribution in [1.29, 1.82) is 0 Å². The lowest BCUT2D eigenvalue weighted by atomic mass is 9.34. The zero-order valence-electron chi connectivity index (χ0n) is 9.61. The molecule has 4 nitrogen and oxygen atoms in total. The normalized spacial score (nSPS) is 61.2. The third-order valence-corrected chi connectivity index (χ3v) is 5.81. The molecule has 5 unspecified atom stereocenters. The van der Waals surface area contributed by atoms with Crippen molar-refractivity contribution < 1.29 is 19.7 Å². The van der Waals surface area contributed by atoms with Gasteiger partial charge in [0.1, 0.15) is 5.60 Å². The van der Waals surface area contributed by atoms with E-state index in [1.165, 1.54) is 0 Å². The van der Waals surface area contributed by atoms with Gasteiger partial charge < -0.3 is 14.9 Å². The van der Waals surface area contributed by atoms with Crippen LogP contribution in [0.4, 0.5) is 0 Å². The average Bonchev–Trinajstić information content (AvgIpc) is 2.57. The lowest BCUT2D eigenvalue weighted by Crippen LogP contribution is -2.80. The van der Waals surface area contributed by atoms with E-state index in [1.807, 2.05) is 0 Å². The molecule has 4 aliphatic carbocycles. The van der Waals surface area contributed by atoms with Gasteiger partial charge in [0, 0.05) is 24.3 Å². The molecule has 4 heteroatoms. The molecule has 0 aromatic heterocycles. The molecule has 5 atom stereocenters. The highest BCUT2D eigenvalue weighted by Crippen LogP contribution is 2.85. The Bertz CT molecular complexity index is 460. The molecule has 4 rings (SSSR count). The van der Waals surface area contributed by atoms with Crippen LogP contribution in [0.5, 0.6) is 0 Å². The van der Waals surface area contributed by atoms with Crippen molar-refractivity contribution in [2.24, 2.45) is 11.3 Å². The first kappa shape index (κ1) is 10.1. The van der Waals surface area contributed by atoms with Crippen LogP contribution in [-0.2, 0) is 9.53 Å². The Morgan fingerprint density at radius 3 is 2.65 bits per heavy atom. The summed E-state index contributed by atoms with van der Waals surface area (Å²) in [6.07, 6.45) is 4.22. The highest BCUT2D eigenvalue weighted by Gasteiger charge is 2.91. The van der Waals surface area contributed by atoms with Crippen molar-refractivity contribution in [3.05, 3.63) is 12.7 Å². The molecule has 4 fully saturated rings. The summed E-state index contributed by atoms with van der Waals surface area (Å²) in [5.74, 6) is -0.0233. The second-order valence-corrected chi connectivity index (χ2v) is 6.48. The van der Waals surface area contributed by atoms with Gasteiger partial charge in [-0.3, -0.25) is 0 Å². The number of esters is 1. The molecule has 0 aromatic carbocycles. The lowest BCUT2D eigenvalue weighted by molar-refractivity contribution is -0.356. The van der Waals surface area contributed by atoms with E-state index in [-0.39, 0.29) is 5.41 Å². The molecule has 2 bridgehead atoms. The van der Waals surface area contributed by atoms with Crippen LogP contribution in [0.2, 0.25) is 0 Å². The summed E-state index contributed by atoms with van der Waals surface area (Å²) in [5, 5.41) is 21.0. The highest BCUT2D eigenvalue weighted by atomic mass is 16.6. The monoisotopic (exact) mass is 236 g/mol. The minimum absolute atomic E-state index is 0.354. The van der Waals surface area contributed by atoms with E-state index in [0.29, 0.717) is 25.2 Å². The second kappa shape index (κ2) is 2.31. The Balaban J connectivity index is 1.77. The molecule has 0 aromatic rings. The molecule has 4 saturated carbocycles. The molecule has 2 N–H and O–H groups in total. The highest BCUT2D eigenvalue weighted by molar-refractivity contribution is 5.82. The van der Waals surface area contributed by atoms with E-state index < -0.39 is 22.8 Å². The number of hydrogen-bond donors (Lipinski definition) is 2. The van der Waals surface area contributed by atoms with E-state index in [9.17, 15) is 15.0 Å². The lowest BCUT2D eigenvalue weighted by Gasteiger charge is -2.74. The van der Waals surface area contributed by atoms with Crippen LogP contribution in [0.15, 0.2) is 12.7 Å². The summed E-state index contributed by atoms with van der Waals surface area (Å²) in [5.41, 5.74) is -2.61. The Hall–Kier alpha value is -0.870. The molecule has 0 heterocycles.